The van der Waals surface area contributed by atoms with Crippen LogP contribution in [0.2, 0.25) is 0 Å². The number of carbonyl (C=O) groups is 32. The van der Waals surface area contributed by atoms with Crippen molar-refractivity contribution in [2.24, 2.45) is 182 Å². The van der Waals surface area contributed by atoms with E-state index in [-0.39, 0.29) is 20.3 Å². The molecule has 20 unspecified atom stereocenters. The number of fused-ring (bicyclic) bond motifs is 30. The molecule has 0 aromatic heterocycles. The van der Waals surface area contributed by atoms with Crippen LogP contribution in [0, 0.1) is 182 Å². The first-order chi connectivity index (χ1) is 59.0. The first-order valence-corrected chi connectivity index (χ1v) is 39.2. The van der Waals surface area contributed by atoms with Crippen molar-refractivity contribution >= 4 is 191 Å². The molecule has 24 fully saturated rings. The second-order valence-corrected chi connectivity index (χ2v) is 37.8. The fourth-order valence-electron chi connectivity index (χ4n) is 25.6. The zero-order chi connectivity index (χ0) is 94.6. The van der Waals surface area contributed by atoms with Crippen molar-refractivity contribution in [3.05, 3.63) is 0 Å². The van der Waals surface area contributed by atoms with Crippen molar-refractivity contribution in [2.75, 3.05) is 0 Å². The Bertz CT molecular complexity index is 5360. The van der Waals surface area contributed by atoms with E-state index in [1.54, 1.807) is 0 Å². The minimum Gasteiger partial charge on any atom is -0.393 e. The van der Waals surface area contributed by atoms with Gasteiger partial charge in [0.2, 0.25) is 0 Å². The number of esters is 32. The van der Waals surface area contributed by atoms with Gasteiger partial charge in [0.25, 0.3) is 0 Å². The van der Waals surface area contributed by atoms with Crippen LogP contribution in [-0.4, -0.2) is 191 Å². The maximum absolute atomic E-state index is 12.0. The molecule has 0 amide bonds. The van der Waals surface area contributed by atoms with Gasteiger partial charge in [0.15, 0.2) is 0 Å². The Balaban J connectivity index is 0.000000108. The number of cyclic esters (lactones) is 32. The zero-order valence-corrected chi connectivity index (χ0v) is 68.4. The molecule has 16 saturated heterocycles. The lowest BCUT2D eigenvalue weighted by Crippen LogP contribution is -2.77. The molecule has 0 aromatic rings. The van der Waals surface area contributed by atoms with E-state index in [0.29, 0.717) is 0 Å². The third-order valence-corrected chi connectivity index (χ3v) is 34.3. The fourth-order valence-corrected chi connectivity index (χ4v) is 25.6. The summed E-state index contributed by atoms with van der Waals surface area (Å²) in [7, 11) is 0. The monoisotopic (exact) mass is 1810 g/mol. The van der Waals surface area contributed by atoms with Crippen LogP contribution in [-0.2, 0) is 229 Å². The second-order valence-electron chi connectivity index (χ2n) is 37.8. The largest absolute Gasteiger partial charge is 0.393 e. The van der Waals surface area contributed by atoms with Crippen LogP contribution in [0.25, 0.3) is 0 Å². The number of ether oxygens (including phenoxy) is 16. The quantitative estimate of drug-likeness (QED) is 0.126. The molecule has 16 heterocycles. The molecule has 129 heavy (non-hydrogen) atoms. The van der Waals surface area contributed by atoms with Gasteiger partial charge in [-0.05, 0) is 110 Å². The van der Waals surface area contributed by atoms with Crippen molar-refractivity contribution in [3.8, 4) is 0 Å². The van der Waals surface area contributed by atoms with Crippen molar-refractivity contribution in [2.45, 2.75) is 117 Å². The van der Waals surface area contributed by atoms with E-state index in [9.17, 15) is 153 Å². The molecule has 8 aliphatic carbocycles. The summed E-state index contributed by atoms with van der Waals surface area (Å²) in [5.74, 6) is -37.2. The van der Waals surface area contributed by atoms with E-state index in [1.165, 1.54) is 96.9 Å². The molecule has 24 rings (SSSR count). The fraction of sp³-hybridized carbons (Fsp3) is 0.605. The van der Waals surface area contributed by atoms with Crippen molar-refractivity contribution in [1.29, 1.82) is 0 Å². The average Bonchev–Trinajstić information content (AvgIpc) is 1.44. The van der Waals surface area contributed by atoms with Gasteiger partial charge < -0.3 is 75.8 Å². The number of carbonyl (C=O) groups excluding carboxylic acids is 32. The van der Waals surface area contributed by atoms with E-state index in [0.717, 1.165) is 0 Å². The lowest BCUT2D eigenvalue weighted by atomic mass is 9.27. The highest BCUT2D eigenvalue weighted by molar-refractivity contribution is 6.22. The highest BCUT2D eigenvalue weighted by atomic mass is 16.7. The summed E-state index contributed by atoms with van der Waals surface area (Å²) in [6.07, 6.45) is 0.370. The van der Waals surface area contributed by atoms with E-state index < -0.39 is 373 Å². The van der Waals surface area contributed by atoms with Crippen LogP contribution in [0.1, 0.15) is 117 Å². The van der Waals surface area contributed by atoms with Crippen molar-refractivity contribution in [3.63, 3.8) is 0 Å². The van der Waals surface area contributed by atoms with Gasteiger partial charge in [-0.2, -0.15) is 0 Å². The smallest absolute Gasteiger partial charge is 0.321 e. The summed E-state index contributed by atoms with van der Waals surface area (Å²) in [6.45, 7) is 20.7. The first-order valence-electron chi connectivity index (χ1n) is 39.2. The Morgan fingerprint density at radius 2 is 0.349 bits per heavy atom. The maximum Gasteiger partial charge on any atom is 0.321 e. The second kappa shape index (κ2) is 25.8. The Labute approximate surface area is 717 Å². The standard InChI is InChI=1S/C12H12O6.C11H10O6.4C10H8O6.C9H6O6.C8H4O6.CH4/c1-9-5(13)17-6(14)10(9,2)12(4)8(16)18-7(15)11(9,12)3;1-9-4(5(12)16-6(9)13)10(2)7(14)17-8(15)11(9,10)3;1-9-3(5(11)15-7(9)13)10(2)4(9)6(12)16-8(10)14;1-9-3(5(11)15-7(9)13)4-6(12)16-8(14)10(4,9)2;1-9-3-4(6(12)15-5(3)11)10(9,2)8(14)16-7(9)13;11-7-3-1-4-6(10(14)16-8(4)12)2-5(3)9(13)15-7;1-9-3-2(5(10)14-6(3)11)4(9)7(12)15-8(9)13;9-5-1-2(6(10)13-5)4-3(1)7(11)14-8(4)12;/h1-4H3;4H,1-3H3;3*3-4H,1-2H3;3-6H,1-2H2;2-4H,1H3;1-4H;1H4. The van der Waals surface area contributed by atoms with E-state index in [2.05, 4.69) is 75.8 Å². The van der Waals surface area contributed by atoms with Gasteiger partial charge in [0, 0.05) is 0 Å². The molecule has 20 atom stereocenters. The van der Waals surface area contributed by atoms with Crippen LogP contribution in [0.15, 0.2) is 0 Å². The van der Waals surface area contributed by atoms with Crippen LogP contribution in [0.5, 0.6) is 0 Å². The SMILES string of the molecule is C.CC12C(=O)OC(=O)C1(C)C1(C)C(=O)OC(=O)C21C.CC12C(=O)OC(=O)C1(C)C1C(=O)OC(=O)C12.CC12C(=O)OC(=O)C1C1(C)C(=O)OC(=O)C21.CC12C(=O)OC(=O)C1C1(C)C(=O)OC(=O)C21C.CC12C(=O)OC(=O)C1C1C(=O)OC(=O)C12.CC12C(=O)OC(=O)C1C1C(=O)OC(=O)C12C.O=C1OC(=O)C2C1C1C(=O)OC(=O)C21.O=C1OC(=O)C2CC3C(=O)OC(=O)C3CC12. The first kappa shape index (κ1) is 88.7. The van der Waals surface area contributed by atoms with Gasteiger partial charge in [0.1, 0.15) is 0 Å². The normalized spacial score (nSPS) is 48.0. The zero-order valence-electron chi connectivity index (χ0n) is 68.4. The predicted molar refractivity (Wildman–Crippen MR) is 370 cm³/mol. The highest BCUT2D eigenvalue weighted by Gasteiger charge is 2.98. The Morgan fingerprint density at radius 1 is 0.163 bits per heavy atom. The molecule has 0 spiro atoms. The number of hydrogen-bond donors (Lipinski definition) is 0. The summed E-state index contributed by atoms with van der Waals surface area (Å²) in [5.41, 5.74) is -18.0. The van der Waals surface area contributed by atoms with Crippen LogP contribution in [0.3, 0.4) is 0 Å². The third-order valence-electron chi connectivity index (χ3n) is 34.3. The molecule has 0 bridgehead atoms. The molecule has 0 radical (unpaired) electrons. The maximum atomic E-state index is 12.0. The highest BCUT2D eigenvalue weighted by Crippen LogP contribution is 2.84. The Morgan fingerprint density at radius 3 is 0.674 bits per heavy atom. The Hall–Kier alpha value is -13.8. The molecule has 0 N–H and O–H groups in total. The van der Waals surface area contributed by atoms with Gasteiger partial charge in [-0.3, -0.25) is 153 Å². The molecule has 0 aromatic carbocycles. The van der Waals surface area contributed by atoms with Gasteiger partial charge in [-0.1, -0.05) is 7.43 Å². The molecule has 680 valence electrons. The average molecular weight is 1810 g/mol. The van der Waals surface area contributed by atoms with E-state index in [1.807, 2.05) is 0 Å². The van der Waals surface area contributed by atoms with Crippen molar-refractivity contribution < 1.29 is 229 Å². The summed E-state index contributed by atoms with van der Waals surface area (Å²) in [6, 6.07) is 0. The predicted octanol–water partition coefficient (Wildman–Crippen LogP) is -4.07. The van der Waals surface area contributed by atoms with E-state index in [4.69, 9.17) is 0 Å². The Kier molecular flexibility index (Phi) is 17.7. The lowest BCUT2D eigenvalue weighted by molar-refractivity contribution is -0.243. The number of rotatable bonds is 0. The van der Waals surface area contributed by atoms with Crippen LogP contribution in [0.4, 0.5) is 0 Å². The van der Waals surface area contributed by atoms with E-state index >= 15 is 0 Å². The minimum atomic E-state index is -1.35. The minimum absolute atomic E-state index is 0. The van der Waals surface area contributed by atoms with Gasteiger partial charge in [-0.25, -0.2) is 0 Å². The van der Waals surface area contributed by atoms with Crippen LogP contribution >= 0.6 is 0 Å². The molecule has 48 nitrogen and oxygen atoms in total. The summed E-state index contributed by atoms with van der Waals surface area (Å²) in [4.78, 5) is 368. The lowest BCUT2D eigenvalue weighted by Gasteiger charge is -2.65. The molecule has 8 saturated carbocycles. The topological polar surface area (TPSA) is 694 Å². The molecular formula is C81H68O48. The molecule has 48 heteroatoms. The summed E-state index contributed by atoms with van der Waals surface area (Å²) in [5, 5.41) is 0. The molecule has 24 aliphatic rings. The van der Waals surface area contributed by atoms with Gasteiger partial charge in [0.05, 0.1) is 182 Å². The van der Waals surface area contributed by atoms with Crippen LogP contribution < -0.4 is 0 Å². The van der Waals surface area contributed by atoms with Gasteiger partial charge >= 0.3 is 191 Å². The van der Waals surface area contributed by atoms with Crippen molar-refractivity contribution in [1.82, 2.24) is 0 Å². The summed E-state index contributed by atoms with van der Waals surface area (Å²) >= 11 is 0. The van der Waals surface area contributed by atoms with Gasteiger partial charge in [-0.15, -0.1) is 0 Å². The summed E-state index contributed by atoms with van der Waals surface area (Å²) < 4.78 is 72.2. The third kappa shape index (κ3) is 9.07. The molecular weight excluding hydrogens is 1740 g/mol. The molecule has 16 aliphatic heterocycles. The number of hydrogen-bond acceptors (Lipinski definition) is 48.